The van der Waals surface area contributed by atoms with Crippen molar-refractivity contribution in [2.45, 2.75) is 12.3 Å². The highest BCUT2D eigenvalue weighted by Crippen LogP contribution is 2.38. The Morgan fingerprint density at radius 2 is 2.19 bits per heavy atom. The summed E-state index contributed by atoms with van der Waals surface area (Å²) in [5.74, 6) is 1.93. The van der Waals surface area contributed by atoms with Crippen molar-refractivity contribution < 1.29 is 14.3 Å². The molecule has 3 rings (SSSR count). The van der Waals surface area contributed by atoms with E-state index in [0.29, 0.717) is 17.3 Å². The molecule has 108 valence electrons. The summed E-state index contributed by atoms with van der Waals surface area (Å²) in [5, 5.41) is 2.74. The van der Waals surface area contributed by atoms with Crippen molar-refractivity contribution in [3.05, 3.63) is 47.7 Å². The van der Waals surface area contributed by atoms with Crippen molar-refractivity contribution >= 4 is 23.3 Å². The molecule has 6 heteroatoms. The van der Waals surface area contributed by atoms with Gasteiger partial charge in [-0.25, -0.2) is 4.98 Å². The van der Waals surface area contributed by atoms with E-state index in [1.54, 1.807) is 24.4 Å². The number of hydrogen-bond acceptors (Lipinski definition) is 4. The van der Waals surface area contributed by atoms with E-state index >= 15 is 0 Å². The Hall–Kier alpha value is -2.27. The quantitative estimate of drug-likeness (QED) is 0.882. The summed E-state index contributed by atoms with van der Waals surface area (Å²) in [4.78, 5) is 16.1. The summed E-state index contributed by atoms with van der Waals surface area (Å²) < 4.78 is 10.7. The minimum Gasteiger partial charge on any atom is -0.454 e. The van der Waals surface area contributed by atoms with Gasteiger partial charge in [-0.3, -0.25) is 4.79 Å². The number of nitrogens with one attached hydrogen (secondary N) is 1. The summed E-state index contributed by atoms with van der Waals surface area (Å²) in [6, 6.07) is 8.97. The minimum absolute atomic E-state index is 0.154. The summed E-state index contributed by atoms with van der Waals surface area (Å²) in [6.45, 7) is 0.183. The van der Waals surface area contributed by atoms with E-state index in [1.807, 2.05) is 12.1 Å². The van der Waals surface area contributed by atoms with Crippen LogP contribution in [0.3, 0.4) is 0 Å². The molecule has 1 aromatic heterocycles. The van der Waals surface area contributed by atoms with E-state index in [2.05, 4.69) is 10.3 Å². The van der Waals surface area contributed by atoms with Gasteiger partial charge < -0.3 is 14.8 Å². The standard InChI is InChI=1S/C15H13ClN2O3/c16-8-11-10(4-5-12-15(11)21-9-20-12)7-14(19)18-13-3-1-2-6-17-13/h1-6H,7-9H2,(H,17,18,19). The van der Waals surface area contributed by atoms with Gasteiger partial charge in [0.15, 0.2) is 11.5 Å². The van der Waals surface area contributed by atoms with Gasteiger partial charge >= 0.3 is 0 Å². The van der Waals surface area contributed by atoms with Gasteiger partial charge in [0.25, 0.3) is 0 Å². The summed E-state index contributed by atoms with van der Waals surface area (Å²) >= 11 is 5.98. The van der Waals surface area contributed by atoms with E-state index < -0.39 is 0 Å². The molecule has 0 fully saturated rings. The van der Waals surface area contributed by atoms with Crippen molar-refractivity contribution in [2.24, 2.45) is 0 Å². The second-order valence-corrected chi connectivity index (χ2v) is 4.78. The first-order valence-corrected chi connectivity index (χ1v) is 6.98. The maximum absolute atomic E-state index is 12.1. The number of ether oxygens (including phenoxy) is 2. The van der Waals surface area contributed by atoms with E-state index in [4.69, 9.17) is 21.1 Å². The normalized spacial score (nSPS) is 12.2. The fraction of sp³-hybridized carbons (Fsp3) is 0.200. The first-order valence-electron chi connectivity index (χ1n) is 6.45. The third kappa shape index (κ3) is 2.92. The zero-order valence-corrected chi connectivity index (χ0v) is 11.9. The zero-order chi connectivity index (χ0) is 14.7. The number of alkyl halides is 1. The minimum atomic E-state index is -0.154. The van der Waals surface area contributed by atoms with Crippen molar-refractivity contribution in [1.29, 1.82) is 0 Å². The van der Waals surface area contributed by atoms with Crippen LogP contribution in [0, 0.1) is 0 Å². The topological polar surface area (TPSA) is 60.5 Å². The molecule has 2 aromatic rings. The molecular formula is C15H13ClN2O3. The van der Waals surface area contributed by atoms with Gasteiger partial charge in [-0.05, 0) is 23.8 Å². The number of hydrogen-bond donors (Lipinski definition) is 1. The summed E-state index contributed by atoms with van der Waals surface area (Å²) in [7, 11) is 0. The molecular weight excluding hydrogens is 292 g/mol. The van der Waals surface area contributed by atoms with Gasteiger partial charge in [-0.15, -0.1) is 11.6 Å². The number of amides is 1. The number of carbonyl (C=O) groups excluding carboxylic acids is 1. The van der Waals surface area contributed by atoms with Crippen LogP contribution in [0.25, 0.3) is 0 Å². The van der Waals surface area contributed by atoms with Crippen LogP contribution >= 0.6 is 11.6 Å². The Kier molecular flexibility index (Phi) is 3.92. The Morgan fingerprint density at radius 3 is 2.95 bits per heavy atom. The molecule has 0 spiro atoms. The molecule has 1 aliphatic rings. The molecule has 1 amide bonds. The first kappa shape index (κ1) is 13.7. The van der Waals surface area contributed by atoms with Gasteiger partial charge in [0, 0.05) is 11.8 Å². The molecule has 0 unspecified atom stereocenters. The van der Waals surface area contributed by atoms with Crippen LogP contribution in [-0.2, 0) is 17.1 Å². The van der Waals surface area contributed by atoms with Crippen LogP contribution in [0.4, 0.5) is 5.82 Å². The molecule has 1 N–H and O–H groups in total. The van der Waals surface area contributed by atoms with Crippen molar-refractivity contribution in [1.82, 2.24) is 4.98 Å². The second-order valence-electron chi connectivity index (χ2n) is 4.51. The number of pyridine rings is 1. The van der Waals surface area contributed by atoms with Crippen LogP contribution in [0.5, 0.6) is 11.5 Å². The molecule has 0 saturated heterocycles. The zero-order valence-electron chi connectivity index (χ0n) is 11.1. The predicted molar refractivity (Wildman–Crippen MR) is 78.7 cm³/mol. The maximum Gasteiger partial charge on any atom is 0.231 e. The highest BCUT2D eigenvalue weighted by molar-refractivity contribution is 6.17. The smallest absolute Gasteiger partial charge is 0.231 e. The number of anilines is 1. The molecule has 1 aromatic carbocycles. The summed E-state index contributed by atoms with van der Waals surface area (Å²) in [6.07, 6.45) is 1.83. The Balaban J connectivity index is 1.77. The Morgan fingerprint density at radius 1 is 1.29 bits per heavy atom. The second kappa shape index (κ2) is 6.01. The fourth-order valence-electron chi connectivity index (χ4n) is 2.18. The molecule has 21 heavy (non-hydrogen) atoms. The van der Waals surface area contributed by atoms with Crippen LogP contribution in [0.15, 0.2) is 36.5 Å². The van der Waals surface area contributed by atoms with Gasteiger partial charge in [0.2, 0.25) is 12.7 Å². The number of halogens is 1. The molecule has 0 aliphatic carbocycles. The van der Waals surface area contributed by atoms with Gasteiger partial charge in [-0.2, -0.15) is 0 Å². The van der Waals surface area contributed by atoms with Gasteiger partial charge in [0.05, 0.1) is 12.3 Å². The molecule has 5 nitrogen and oxygen atoms in total. The fourth-order valence-corrected chi connectivity index (χ4v) is 2.47. The predicted octanol–water partition coefficient (Wildman–Crippen LogP) is 2.73. The van der Waals surface area contributed by atoms with Crippen molar-refractivity contribution in [3.63, 3.8) is 0 Å². The molecule has 2 heterocycles. The number of nitrogens with zero attached hydrogens (tertiary/aromatic N) is 1. The third-order valence-corrected chi connectivity index (χ3v) is 3.42. The average Bonchev–Trinajstić information content (AvgIpc) is 2.96. The van der Waals surface area contributed by atoms with Crippen LogP contribution in [0.1, 0.15) is 11.1 Å². The average molecular weight is 305 g/mol. The lowest BCUT2D eigenvalue weighted by Gasteiger charge is -2.10. The molecule has 0 atom stereocenters. The third-order valence-electron chi connectivity index (χ3n) is 3.16. The molecule has 0 bridgehead atoms. The van der Waals surface area contributed by atoms with E-state index in [-0.39, 0.29) is 25.0 Å². The Labute approximate surface area is 126 Å². The highest BCUT2D eigenvalue weighted by atomic mass is 35.5. The highest BCUT2D eigenvalue weighted by Gasteiger charge is 2.21. The largest absolute Gasteiger partial charge is 0.454 e. The lowest BCUT2D eigenvalue weighted by atomic mass is 10.0. The lowest BCUT2D eigenvalue weighted by molar-refractivity contribution is -0.115. The number of rotatable bonds is 4. The SMILES string of the molecule is O=C(Cc1ccc2c(c1CCl)OCO2)Nc1ccccn1. The monoisotopic (exact) mass is 304 g/mol. The molecule has 1 aliphatic heterocycles. The van der Waals surface area contributed by atoms with Gasteiger partial charge in [-0.1, -0.05) is 12.1 Å². The van der Waals surface area contributed by atoms with Crippen molar-refractivity contribution in [2.75, 3.05) is 12.1 Å². The summed E-state index contributed by atoms with van der Waals surface area (Å²) in [5.41, 5.74) is 1.62. The number of aromatic nitrogens is 1. The molecule has 0 saturated carbocycles. The molecule has 0 radical (unpaired) electrons. The van der Waals surface area contributed by atoms with E-state index in [0.717, 1.165) is 11.1 Å². The Bertz CT molecular complexity index is 661. The first-order chi connectivity index (χ1) is 10.3. The number of fused-ring (bicyclic) bond motifs is 1. The van der Waals surface area contributed by atoms with Crippen LogP contribution in [0.2, 0.25) is 0 Å². The van der Waals surface area contributed by atoms with E-state index in [9.17, 15) is 4.79 Å². The maximum atomic E-state index is 12.1. The van der Waals surface area contributed by atoms with Gasteiger partial charge in [0.1, 0.15) is 5.82 Å². The number of benzene rings is 1. The van der Waals surface area contributed by atoms with E-state index in [1.165, 1.54) is 0 Å². The lowest BCUT2D eigenvalue weighted by Crippen LogP contribution is -2.16. The van der Waals surface area contributed by atoms with Crippen LogP contribution < -0.4 is 14.8 Å². The number of carbonyl (C=O) groups is 1. The van der Waals surface area contributed by atoms with Crippen LogP contribution in [-0.4, -0.2) is 17.7 Å². The van der Waals surface area contributed by atoms with Crippen molar-refractivity contribution in [3.8, 4) is 11.5 Å².